The molecule has 8 nitrogen and oxygen atoms in total. The summed E-state index contributed by atoms with van der Waals surface area (Å²) in [6, 6.07) is 7.55. The molecule has 0 saturated carbocycles. The summed E-state index contributed by atoms with van der Waals surface area (Å²) < 4.78 is 33.4. The number of benzene rings is 2. The molecule has 2 aromatic carbocycles. The largest absolute Gasteiger partial charge is 0.491 e. The smallest absolute Gasteiger partial charge is 0.449 e. The van der Waals surface area contributed by atoms with Gasteiger partial charge in [-0.2, -0.15) is 0 Å². The van der Waals surface area contributed by atoms with E-state index in [1.165, 1.54) is 0 Å². The zero-order valence-corrected chi connectivity index (χ0v) is 20.0. The summed E-state index contributed by atoms with van der Waals surface area (Å²) in [5.74, 6) is -3.00. The molecule has 0 aliphatic carbocycles. The number of hydrogen-bond donors (Lipinski definition) is 4. The fourth-order valence-corrected chi connectivity index (χ4v) is 3.91. The van der Waals surface area contributed by atoms with Gasteiger partial charge in [-0.05, 0) is 49.5 Å². The van der Waals surface area contributed by atoms with E-state index < -0.39 is 43.1 Å². The number of carbonyl (C=O) groups is 2. The molecule has 0 radical (unpaired) electrons. The number of nitrogens with zero attached hydrogens (tertiary/aromatic N) is 1. The van der Waals surface area contributed by atoms with Crippen molar-refractivity contribution in [3.63, 3.8) is 0 Å². The summed E-state index contributed by atoms with van der Waals surface area (Å²) in [5, 5.41) is 24.6. The summed E-state index contributed by atoms with van der Waals surface area (Å²) in [5.41, 5.74) is 0.705. The summed E-state index contributed by atoms with van der Waals surface area (Å²) in [6.07, 6.45) is 0. The van der Waals surface area contributed by atoms with Crippen LogP contribution < -0.4 is 21.6 Å². The zero-order chi connectivity index (χ0) is 25.8. The molecule has 0 bridgehead atoms. The molecule has 3 rings (SSSR count). The van der Waals surface area contributed by atoms with Crippen molar-refractivity contribution in [2.75, 3.05) is 19.6 Å². The number of amides is 2. The molecule has 0 spiro atoms. The van der Waals surface area contributed by atoms with Crippen molar-refractivity contribution in [2.45, 2.75) is 39.5 Å². The lowest BCUT2D eigenvalue weighted by molar-refractivity contribution is -0.123. The van der Waals surface area contributed by atoms with Crippen LogP contribution in [0.1, 0.15) is 42.3 Å². The third-order valence-electron chi connectivity index (χ3n) is 6.08. The Kier molecular flexibility index (Phi) is 8.65. The van der Waals surface area contributed by atoms with Crippen LogP contribution in [-0.2, 0) is 22.6 Å². The fourth-order valence-electron chi connectivity index (χ4n) is 3.91. The Balaban J connectivity index is 1.78. The topological polar surface area (TPSA) is 111 Å². The molecule has 2 aromatic rings. The second-order valence-corrected chi connectivity index (χ2v) is 9.05. The van der Waals surface area contributed by atoms with E-state index in [4.69, 9.17) is 4.65 Å². The maximum Gasteiger partial charge on any atom is 0.491 e. The highest BCUT2D eigenvalue weighted by Gasteiger charge is 2.32. The third-order valence-corrected chi connectivity index (χ3v) is 6.08. The molecule has 1 heterocycles. The molecule has 186 valence electrons. The van der Waals surface area contributed by atoms with Crippen molar-refractivity contribution in [3.8, 4) is 0 Å². The average molecular weight is 487 g/mol. The lowest BCUT2D eigenvalue weighted by atomic mass is 9.78. The van der Waals surface area contributed by atoms with Crippen molar-refractivity contribution in [2.24, 2.45) is 0 Å². The van der Waals surface area contributed by atoms with Crippen LogP contribution in [-0.4, -0.2) is 66.5 Å². The maximum absolute atomic E-state index is 14.5. The van der Waals surface area contributed by atoms with Gasteiger partial charge in [0.2, 0.25) is 5.91 Å². The molecule has 12 heteroatoms. The Bertz CT molecular complexity index is 1100. The third kappa shape index (κ3) is 6.26. The molecule has 0 atom stereocenters. The van der Waals surface area contributed by atoms with E-state index in [2.05, 4.69) is 10.6 Å². The van der Waals surface area contributed by atoms with Gasteiger partial charge in [0, 0.05) is 30.6 Å². The highest BCUT2D eigenvalue weighted by Crippen LogP contribution is 2.20. The van der Waals surface area contributed by atoms with Gasteiger partial charge in [-0.15, -0.1) is 0 Å². The number of halogens is 2. The number of nitrogens with one attached hydrogen (secondary N) is 2. The summed E-state index contributed by atoms with van der Waals surface area (Å²) >= 11 is 0. The summed E-state index contributed by atoms with van der Waals surface area (Å²) in [6.45, 7) is 6.68. The predicted octanol–water partition coefficient (Wildman–Crippen LogP) is -0.702. The second kappa shape index (κ2) is 11.3. The first-order valence-corrected chi connectivity index (χ1v) is 11.4. The predicted molar refractivity (Wildman–Crippen MR) is 130 cm³/mol. The van der Waals surface area contributed by atoms with Gasteiger partial charge in [-0.3, -0.25) is 14.5 Å². The lowest BCUT2D eigenvalue weighted by Gasteiger charge is -2.38. The zero-order valence-electron chi connectivity index (χ0n) is 20.0. The molecular formula is C23H29B2F2N3O5. The molecule has 4 N–H and O–H groups in total. The minimum Gasteiger partial charge on any atom is -0.449 e. The Morgan fingerprint density at radius 1 is 1.23 bits per heavy atom. The molecule has 0 saturated heterocycles. The number of hydrogen-bond acceptors (Lipinski definition) is 6. The molecule has 1 aliphatic rings. The van der Waals surface area contributed by atoms with Crippen LogP contribution in [0, 0.1) is 11.6 Å². The SMILES string of the molecule is CCNC(=O)CN(Cc1ccc2c(c1)B(O)OC2)C(C)(C)CNC(=O)c1ccc(F)c(BO)c1F. The van der Waals surface area contributed by atoms with Gasteiger partial charge < -0.3 is 25.3 Å². The van der Waals surface area contributed by atoms with Gasteiger partial charge >= 0.3 is 14.6 Å². The average Bonchev–Trinajstić information content (AvgIpc) is 3.18. The van der Waals surface area contributed by atoms with Gasteiger partial charge in [0.15, 0.2) is 0 Å². The molecule has 2 amide bonds. The van der Waals surface area contributed by atoms with E-state index in [-0.39, 0.29) is 24.6 Å². The van der Waals surface area contributed by atoms with Crippen LogP contribution in [0.15, 0.2) is 30.3 Å². The first-order valence-electron chi connectivity index (χ1n) is 11.4. The van der Waals surface area contributed by atoms with Crippen LogP contribution >= 0.6 is 0 Å². The maximum atomic E-state index is 14.5. The molecule has 1 aliphatic heterocycles. The fraction of sp³-hybridized carbons (Fsp3) is 0.391. The normalized spacial score (nSPS) is 13.1. The number of likely N-dealkylation sites (N-methyl/N-ethyl adjacent to an activating group) is 1. The number of carbonyl (C=O) groups excluding carboxylic acids is 2. The van der Waals surface area contributed by atoms with Gasteiger partial charge in [0.05, 0.1) is 18.7 Å². The number of fused-ring (bicyclic) bond motifs is 1. The van der Waals surface area contributed by atoms with E-state index in [0.717, 1.165) is 23.3 Å². The van der Waals surface area contributed by atoms with Crippen molar-refractivity contribution < 1.29 is 33.1 Å². The van der Waals surface area contributed by atoms with Gasteiger partial charge in [-0.1, -0.05) is 18.2 Å². The quantitative estimate of drug-likeness (QED) is 0.330. The van der Waals surface area contributed by atoms with E-state index in [9.17, 15) is 28.4 Å². The van der Waals surface area contributed by atoms with Crippen LogP contribution in [0.2, 0.25) is 0 Å². The van der Waals surface area contributed by atoms with E-state index in [0.29, 0.717) is 25.2 Å². The Labute approximate surface area is 204 Å². The van der Waals surface area contributed by atoms with Crippen molar-refractivity contribution >= 4 is 37.3 Å². The number of rotatable bonds is 10. The minimum atomic E-state index is -1.11. The molecular weight excluding hydrogens is 458 g/mol. The molecule has 35 heavy (non-hydrogen) atoms. The highest BCUT2D eigenvalue weighted by atomic mass is 19.1. The van der Waals surface area contributed by atoms with Gasteiger partial charge in [0.1, 0.15) is 11.6 Å². The molecule has 0 fully saturated rings. The monoisotopic (exact) mass is 487 g/mol. The second-order valence-electron chi connectivity index (χ2n) is 9.05. The summed E-state index contributed by atoms with van der Waals surface area (Å²) in [4.78, 5) is 27.0. The first kappa shape index (κ1) is 26.8. The molecule has 0 aromatic heterocycles. The van der Waals surface area contributed by atoms with Crippen LogP contribution in [0.4, 0.5) is 8.78 Å². The molecule has 0 unspecified atom stereocenters. The lowest BCUT2D eigenvalue weighted by Crippen LogP contribution is -2.54. The Hall–Kier alpha value is -2.79. The van der Waals surface area contributed by atoms with Crippen molar-refractivity contribution in [1.82, 2.24) is 15.5 Å². The van der Waals surface area contributed by atoms with E-state index >= 15 is 0 Å². The van der Waals surface area contributed by atoms with E-state index in [1.54, 1.807) is 0 Å². The van der Waals surface area contributed by atoms with Crippen LogP contribution in [0.3, 0.4) is 0 Å². The van der Waals surface area contributed by atoms with Gasteiger partial charge in [-0.25, -0.2) is 8.78 Å². The minimum absolute atomic E-state index is 0.0341. The Morgan fingerprint density at radius 2 is 1.97 bits per heavy atom. The van der Waals surface area contributed by atoms with Crippen LogP contribution in [0.5, 0.6) is 0 Å². The van der Waals surface area contributed by atoms with Crippen LogP contribution in [0.25, 0.3) is 0 Å². The van der Waals surface area contributed by atoms with E-state index in [1.807, 2.05) is 43.9 Å². The first-order chi connectivity index (χ1) is 16.6. The highest BCUT2D eigenvalue weighted by molar-refractivity contribution is 6.61. The summed E-state index contributed by atoms with van der Waals surface area (Å²) in [7, 11) is -1.87. The van der Waals surface area contributed by atoms with Gasteiger partial charge in [0.25, 0.3) is 5.91 Å². The standard InChI is InChI=1S/C23H29B2F2N3O5/c1-4-28-19(31)11-30(10-14-5-6-15-12-35-25(34)17(15)9-14)23(2,3)13-29-22(32)16-7-8-18(26)20(24-33)21(16)27/h5-9,24,33-34H,4,10-13H2,1-3H3,(H,28,31)(H,29,32). The Morgan fingerprint density at radius 3 is 2.66 bits per heavy atom. The van der Waals surface area contributed by atoms with Crippen molar-refractivity contribution in [1.29, 1.82) is 0 Å². The van der Waals surface area contributed by atoms with Crippen molar-refractivity contribution in [3.05, 3.63) is 58.7 Å².